The normalized spacial score (nSPS) is 30.3. The van der Waals surface area contributed by atoms with Crippen molar-refractivity contribution in [2.45, 2.75) is 25.6 Å². The van der Waals surface area contributed by atoms with Crippen LogP contribution in [0.25, 0.3) is 5.65 Å². The van der Waals surface area contributed by atoms with Crippen LogP contribution in [0.15, 0.2) is 24.7 Å². The second-order valence-electron chi connectivity index (χ2n) is 8.19. The van der Waals surface area contributed by atoms with Crippen LogP contribution in [0.4, 0.5) is 0 Å². The minimum Gasteiger partial charge on any atom is -0.483 e. The van der Waals surface area contributed by atoms with Crippen LogP contribution in [0, 0.1) is 23.7 Å². The molecule has 3 heterocycles. The van der Waals surface area contributed by atoms with Crippen LogP contribution in [0.3, 0.4) is 0 Å². The molecule has 31 heavy (non-hydrogen) atoms. The Morgan fingerprint density at radius 2 is 2.10 bits per heavy atom. The Morgan fingerprint density at radius 1 is 1.39 bits per heavy atom. The summed E-state index contributed by atoms with van der Waals surface area (Å²) < 4.78 is 1.72. The van der Waals surface area contributed by atoms with Gasteiger partial charge in [-0.25, -0.2) is 9.50 Å². The highest BCUT2D eigenvalue weighted by atomic mass is 16.3. The summed E-state index contributed by atoms with van der Waals surface area (Å²) in [6.07, 6.45) is 2.79. The van der Waals surface area contributed by atoms with Crippen molar-refractivity contribution >= 4 is 18.0 Å². The second kappa shape index (κ2) is 10.1. The number of aliphatic hydroxyl groups excluding tert-OH is 2. The third kappa shape index (κ3) is 4.85. The minimum absolute atomic E-state index is 0.0344. The summed E-state index contributed by atoms with van der Waals surface area (Å²) in [7, 11) is 0. The molecule has 0 radical (unpaired) electrons. The van der Waals surface area contributed by atoms with Gasteiger partial charge in [0.05, 0.1) is 12.7 Å². The van der Waals surface area contributed by atoms with Crippen LogP contribution in [-0.4, -0.2) is 85.6 Å². The van der Waals surface area contributed by atoms with Gasteiger partial charge in [0.1, 0.15) is 6.33 Å². The number of nitrogens with one attached hydrogen (secondary N) is 1. The monoisotopic (exact) mass is 434 g/mol. The van der Waals surface area contributed by atoms with Crippen LogP contribution in [0.1, 0.15) is 12.5 Å². The van der Waals surface area contributed by atoms with Crippen LogP contribution in [0.2, 0.25) is 0 Å². The van der Waals surface area contributed by atoms with E-state index in [1.807, 2.05) is 25.3 Å². The SMILES string of the molecule is C[C@H]1[C@H](N)[C@@H](O)[C@H]2CN(Cc3ccn4ncnc4c3)C[C@@H]2[C@H]1C(=O)NCCO.O=CO. The molecule has 6 atom stereocenters. The zero-order valence-electron chi connectivity index (χ0n) is 17.4. The number of fused-ring (bicyclic) bond motifs is 2. The average Bonchev–Trinajstić information content (AvgIpc) is 3.38. The lowest BCUT2D eigenvalue weighted by atomic mass is 9.64. The van der Waals surface area contributed by atoms with Crippen molar-refractivity contribution in [3.8, 4) is 0 Å². The Balaban J connectivity index is 0.000000858. The molecule has 0 spiro atoms. The molecule has 2 aromatic heterocycles. The zero-order valence-corrected chi connectivity index (χ0v) is 17.4. The highest BCUT2D eigenvalue weighted by molar-refractivity contribution is 5.79. The summed E-state index contributed by atoms with van der Waals surface area (Å²) in [5.74, 6) is -0.458. The Bertz CT molecular complexity index is 892. The van der Waals surface area contributed by atoms with Gasteiger partial charge in [0.25, 0.3) is 6.47 Å². The zero-order chi connectivity index (χ0) is 22.5. The van der Waals surface area contributed by atoms with Gasteiger partial charge in [-0.3, -0.25) is 14.5 Å². The van der Waals surface area contributed by atoms with E-state index in [0.29, 0.717) is 6.54 Å². The Labute approximate surface area is 179 Å². The van der Waals surface area contributed by atoms with Gasteiger partial charge in [-0.15, -0.1) is 0 Å². The highest BCUT2D eigenvalue weighted by Gasteiger charge is 2.53. The van der Waals surface area contributed by atoms with Crippen molar-refractivity contribution in [1.82, 2.24) is 24.8 Å². The molecule has 1 aliphatic heterocycles. The van der Waals surface area contributed by atoms with Crippen molar-refractivity contribution in [2.75, 3.05) is 26.2 Å². The van der Waals surface area contributed by atoms with Crippen LogP contribution in [0.5, 0.6) is 0 Å². The number of aromatic nitrogens is 3. The fourth-order valence-corrected chi connectivity index (χ4v) is 4.98. The van der Waals surface area contributed by atoms with Crippen molar-refractivity contribution in [2.24, 2.45) is 29.4 Å². The van der Waals surface area contributed by atoms with E-state index >= 15 is 0 Å². The predicted molar refractivity (Wildman–Crippen MR) is 111 cm³/mol. The largest absolute Gasteiger partial charge is 0.483 e. The quantitative estimate of drug-likeness (QED) is 0.353. The van der Waals surface area contributed by atoms with Crippen molar-refractivity contribution < 1.29 is 24.9 Å². The molecule has 0 bridgehead atoms. The Kier molecular flexibility index (Phi) is 7.55. The molecule has 2 aromatic rings. The molecule has 1 saturated heterocycles. The Morgan fingerprint density at radius 3 is 2.81 bits per heavy atom. The molecule has 1 amide bonds. The summed E-state index contributed by atoms with van der Waals surface area (Å²) in [5, 5.41) is 33.6. The number of carboxylic acid groups (broad SMARTS) is 1. The van der Waals surface area contributed by atoms with E-state index in [-0.39, 0.29) is 49.2 Å². The molecule has 0 aromatic carbocycles. The van der Waals surface area contributed by atoms with Gasteiger partial charge < -0.3 is 26.4 Å². The van der Waals surface area contributed by atoms with E-state index in [0.717, 1.165) is 24.3 Å². The molecule has 11 nitrogen and oxygen atoms in total. The minimum atomic E-state index is -0.620. The molecular weight excluding hydrogens is 404 g/mol. The van der Waals surface area contributed by atoms with Gasteiger partial charge in [0, 0.05) is 50.3 Å². The molecule has 2 aliphatic rings. The van der Waals surface area contributed by atoms with Gasteiger partial charge in [-0.1, -0.05) is 6.92 Å². The van der Waals surface area contributed by atoms with Gasteiger partial charge >= 0.3 is 0 Å². The molecule has 170 valence electrons. The summed E-state index contributed by atoms with van der Waals surface area (Å²) in [6.45, 7) is 3.99. The molecule has 0 unspecified atom stereocenters. The number of pyridine rings is 1. The number of nitrogens with two attached hydrogens (primary N) is 1. The van der Waals surface area contributed by atoms with E-state index in [9.17, 15) is 9.90 Å². The number of carbonyl (C=O) groups excluding carboxylic acids is 1. The first-order valence-electron chi connectivity index (χ1n) is 10.3. The predicted octanol–water partition coefficient (Wildman–Crippen LogP) is -1.46. The van der Waals surface area contributed by atoms with E-state index in [2.05, 4.69) is 20.3 Å². The van der Waals surface area contributed by atoms with Gasteiger partial charge in [0.2, 0.25) is 5.91 Å². The molecule has 11 heteroatoms. The maximum atomic E-state index is 12.7. The first-order valence-corrected chi connectivity index (χ1v) is 10.3. The van der Waals surface area contributed by atoms with Crippen LogP contribution in [-0.2, 0) is 16.1 Å². The summed E-state index contributed by atoms with van der Waals surface area (Å²) >= 11 is 0. The number of hydrogen-bond donors (Lipinski definition) is 5. The van der Waals surface area contributed by atoms with E-state index in [1.165, 1.54) is 6.33 Å². The number of carbonyl (C=O) groups is 2. The standard InChI is InChI=1S/C19H28N6O3.CH2O2/c1-11-16(19(28)21-3-5-26)13-8-24(9-14(13)18(27)17(11)20)7-12-2-4-25-15(6-12)22-10-23-25;2-1-3/h2,4,6,10-11,13-14,16-18,26-27H,3,5,7-9,20H2,1H3,(H,21,28);1H,(H,2,3)/t11-,13+,14+,16+,17+,18+;/m1./s1. The van der Waals surface area contributed by atoms with Gasteiger partial charge in [-0.05, 0) is 29.5 Å². The second-order valence-corrected chi connectivity index (χ2v) is 8.19. The fraction of sp³-hybridized carbons (Fsp3) is 0.600. The maximum absolute atomic E-state index is 12.7. The summed E-state index contributed by atoms with van der Waals surface area (Å²) in [6, 6.07) is 3.59. The van der Waals surface area contributed by atoms with Gasteiger partial charge in [0.15, 0.2) is 5.65 Å². The maximum Gasteiger partial charge on any atom is 0.290 e. The molecular formula is C20H30N6O5. The van der Waals surface area contributed by atoms with E-state index in [4.69, 9.17) is 20.7 Å². The number of rotatable bonds is 5. The lowest BCUT2D eigenvalue weighted by Gasteiger charge is -2.44. The molecule has 2 fully saturated rings. The van der Waals surface area contributed by atoms with E-state index < -0.39 is 12.1 Å². The summed E-state index contributed by atoms with van der Waals surface area (Å²) in [4.78, 5) is 27.6. The molecule has 4 rings (SSSR count). The highest BCUT2D eigenvalue weighted by Crippen LogP contribution is 2.43. The fourth-order valence-electron chi connectivity index (χ4n) is 4.98. The average molecular weight is 434 g/mol. The lowest BCUT2D eigenvalue weighted by Crippen LogP contribution is -2.58. The van der Waals surface area contributed by atoms with Gasteiger partial charge in [-0.2, -0.15) is 5.10 Å². The van der Waals surface area contributed by atoms with Crippen molar-refractivity contribution in [3.05, 3.63) is 30.2 Å². The third-order valence-electron chi connectivity index (χ3n) is 6.42. The van der Waals surface area contributed by atoms with Crippen LogP contribution < -0.4 is 11.1 Å². The van der Waals surface area contributed by atoms with Crippen molar-refractivity contribution in [1.29, 1.82) is 0 Å². The first-order chi connectivity index (χ1) is 14.9. The number of aliphatic hydroxyl groups is 2. The number of amides is 1. The van der Waals surface area contributed by atoms with E-state index in [1.54, 1.807) is 4.52 Å². The van der Waals surface area contributed by atoms with Crippen LogP contribution >= 0.6 is 0 Å². The third-order valence-corrected chi connectivity index (χ3v) is 6.42. The number of nitrogens with zero attached hydrogens (tertiary/aromatic N) is 4. The molecule has 1 saturated carbocycles. The first kappa shape index (κ1) is 23.1. The molecule has 6 N–H and O–H groups in total. The number of hydrogen-bond acceptors (Lipinski definition) is 8. The lowest BCUT2D eigenvalue weighted by molar-refractivity contribution is -0.134. The molecule has 1 aliphatic carbocycles. The summed E-state index contributed by atoms with van der Waals surface area (Å²) in [5.41, 5.74) is 8.18. The Hall–Kier alpha value is -2.60. The number of likely N-dealkylation sites (tertiary alicyclic amines) is 1. The van der Waals surface area contributed by atoms with Crippen molar-refractivity contribution in [3.63, 3.8) is 0 Å². The smallest absolute Gasteiger partial charge is 0.290 e. The topological polar surface area (TPSA) is 166 Å².